The Labute approximate surface area is 178 Å². The summed E-state index contributed by atoms with van der Waals surface area (Å²) in [6, 6.07) is 17.7. The van der Waals surface area contributed by atoms with Crippen LogP contribution in [0, 0.1) is 17.6 Å². The molecule has 1 heterocycles. The molecule has 0 spiro atoms. The summed E-state index contributed by atoms with van der Waals surface area (Å²) in [6.07, 6.45) is -0.0344. The van der Waals surface area contributed by atoms with Crippen molar-refractivity contribution in [2.45, 2.75) is 25.0 Å². The third-order valence-corrected chi connectivity index (χ3v) is 5.56. The van der Waals surface area contributed by atoms with E-state index in [1.165, 1.54) is 36.4 Å². The van der Waals surface area contributed by atoms with Crippen LogP contribution in [0.25, 0.3) is 0 Å². The van der Waals surface area contributed by atoms with Crippen LogP contribution in [0.1, 0.15) is 36.1 Å². The Kier molecular flexibility index (Phi) is 6.68. The van der Waals surface area contributed by atoms with Crippen LogP contribution >= 0.6 is 0 Å². The normalized spacial score (nSPS) is 18.8. The van der Waals surface area contributed by atoms with Crippen LogP contribution in [0.15, 0.2) is 72.8 Å². The molecule has 5 nitrogen and oxygen atoms in total. The molecule has 31 heavy (non-hydrogen) atoms. The Bertz CT molecular complexity index is 1020. The van der Waals surface area contributed by atoms with E-state index in [0.717, 1.165) is 5.56 Å². The number of aromatic hydroxyl groups is 1. The minimum Gasteiger partial charge on any atom is -0.508 e. The maximum atomic E-state index is 13.3. The van der Waals surface area contributed by atoms with Gasteiger partial charge in [0, 0.05) is 5.69 Å². The first kappa shape index (κ1) is 22.4. The molecule has 4 rings (SSSR count). The lowest BCUT2D eigenvalue weighted by molar-refractivity contribution is -0.131. The number of aliphatic hydroxyl groups is 1. The van der Waals surface area contributed by atoms with Gasteiger partial charge in [0.1, 0.15) is 17.4 Å². The molecular formula is C24H23F2NO4. The number of aliphatic hydroxyl groups excluding tert-OH is 1. The van der Waals surface area contributed by atoms with Gasteiger partial charge in [-0.3, -0.25) is 4.79 Å². The van der Waals surface area contributed by atoms with Gasteiger partial charge in [-0.15, -0.1) is 0 Å². The molecule has 1 fully saturated rings. The van der Waals surface area contributed by atoms with Crippen LogP contribution in [0.2, 0.25) is 0 Å². The SMILES string of the molecule is O.O=C1[C@H](CC[C@H](O)c2ccc(F)cc2)[C@@H](c2ccc(O)cc2)N1c1ccc(F)cc1. The summed E-state index contributed by atoms with van der Waals surface area (Å²) in [5, 5.41) is 20.1. The topological polar surface area (TPSA) is 92.3 Å². The maximum Gasteiger partial charge on any atom is 0.233 e. The second kappa shape index (κ2) is 9.24. The van der Waals surface area contributed by atoms with E-state index in [0.29, 0.717) is 24.1 Å². The summed E-state index contributed by atoms with van der Waals surface area (Å²) in [7, 11) is 0. The highest BCUT2D eigenvalue weighted by Gasteiger charge is 2.48. The number of β-lactam (4-membered cyclic amide) rings is 1. The van der Waals surface area contributed by atoms with E-state index >= 15 is 0 Å². The minimum atomic E-state index is -0.807. The number of phenols is 1. The van der Waals surface area contributed by atoms with Crippen molar-refractivity contribution < 1.29 is 29.3 Å². The van der Waals surface area contributed by atoms with E-state index in [4.69, 9.17) is 0 Å². The van der Waals surface area contributed by atoms with Crippen molar-refractivity contribution in [1.82, 2.24) is 0 Å². The Morgan fingerprint density at radius 2 is 1.42 bits per heavy atom. The number of rotatable bonds is 6. The third-order valence-electron chi connectivity index (χ3n) is 5.56. The third kappa shape index (κ3) is 4.57. The lowest BCUT2D eigenvalue weighted by Crippen LogP contribution is -2.55. The van der Waals surface area contributed by atoms with Gasteiger partial charge in [0.2, 0.25) is 5.91 Å². The standard InChI is InChI=1S/C24H21F2NO3.H2O/c25-17-5-1-15(2-6-17)22(29)14-13-21-23(16-3-11-20(28)12-4-16)27(24(21)30)19-9-7-18(26)8-10-19;/h1-12,21-23,28-29H,13-14H2;1H2/t21-,22+,23-;/m1./s1. The van der Waals surface area contributed by atoms with Gasteiger partial charge in [-0.1, -0.05) is 24.3 Å². The lowest BCUT2D eigenvalue weighted by atomic mass is 9.78. The predicted molar refractivity (Wildman–Crippen MR) is 112 cm³/mol. The van der Waals surface area contributed by atoms with E-state index in [2.05, 4.69) is 0 Å². The number of phenolic OH excluding ortho intramolecular Hbond substituents is 1. The van der Waals surface area contributed by atoms with Crippen molar-refractivity contribution in [3.8, 4) is 5.75 Å². The van der Waals surface area contributed by atoms with Crippen molar-refractivity contribution in [3.05, 3.63) is 95.6 Å². The summed E-state index contributed by atoms with van der Waals surface area (Å²) in [4.78, 5) is 14.6. The first-order chi connectivity index (χ1) is 14.4. The van der Waals surface area contributed by atoms with Gasteiger partial charge in [0.25, 0.3) is 0 Å². The van der Waals surface area contributed by atoms with E-state index in [9.17, 15) is 23.8 Å². The molecule has 1 saturated heterocycles. The fraction of sp³-hybridized carbons (Fsp3) is 0.208. The smallest absolute Gasteiger partial charge is 0.233 e. The fourth-order valence-electron chi connectivity index (χ4n) is 3.96. The molecule has 3 aromatic carbocycles. The molecule has 4 N–H and O–H groups in total. The molecule has 1 aliphatic rings. The van der Waals surface area contributed by atoms with Gasteiger partial charge in [0.05, 0.1) is 18.1 Å². The zero-order valence-electron chi connectivity index (χ0n) is 16.6. The van der Waals surface area contributed by atoms with Gasteiger partial charge in [-0.2, -0.15) is 0 Å². The zero-order chi connectivity index (χ0) is 21.3. The van der Waals surface area contributed by atoms with Gasteiger partial charge < -0.3 is 20.6 Å². The van der Waals surface area contributed by atoms with Crippen LogP contribution in [0.4, 0.5) is 14.5 Å². The van der Waals surface area contributed by atoms with Gasteiger partial charge >= 0.3 is 0 Å². The summed E-state index contributed by atoms with van der Waals surface area (Å²) < 4.78 is 26.4. The molecule has 3 aromatic rings. The summed E-state index contributed by atoms with van der Waals surface area (Å²) in [6.45, 7) is 0. The van der Waals surface area contributed by atoms with Gasteiger partial charge in [-0.25, -0.2) is 8.78 Å². The Balaban J connectivity index is 0.00000272. The van der Waals surface area contributed by atoms with Crippen molar-refractivity contribution in [2.24, 2.45) is 5.92 Å². The van der Waals surface area contributed by atoms with Crippen molar-refractivity contribution in [2.75, 3.05) is 4.90 Å². The van der Waals surface area contributed by atoms with Crippen LogP contribution in [0.3, 0.4) is 0 Å². The van der Waals surface area contributed by atoms with Crippen LogP contribution in [-0.4, -0.2) is 21.6 Å². The molecule has 3 atom stereocenters. The zero-order valence-corrected chi connectivity index (χ0v) is 16.6. The van der Waals surface area contributed by atoms with E-state index in [1.807, 2.05) is 0 Å². The summed E-state index contributed by atoms with van der Waals surface area (Å²) in [5.74, 6) is -1.10. The van der Waals surface area contributed by atoms with E-state index in [1.54, 1.807) is 41.3 Å². The number of amides is 1. The van der Waals surface area contributed by atoms with E-state index < -0.39 is 6.10 Å². The van der Waals surface area contributed by atoms with Gasteiger partial charge in [0.15, 0.2) is 0 Å². The van der Waals surface area contributed by atoms with Crippen molar-refractivity contribution >= 4 is 11.6 Å². The maximum absolute atomic E-state index is 13.3. The Hall–Kier alpha value is -3.29. The molecule has 0 saturated carbocycles. The number of hydrogen-bond acceptors (Lipinski definition) is 3. The molecule has 162 valence electrons. The minimum absolute atomic E-state index is 0. The average Bonchev–Trinajstić information content (AvgIpc) is 2.74. The van der Waals surface area contributed by atoms with Crippen LogP contribution in [-0.2, 0) is 4.79 Å². The highest BCUT2D eigenvalue weighted by Crippen LogP contribution is 2.46. The molecule has 0 radical (unpaired) electrons. The number of hydrogen-bond donors (Lipinski definition) is 2. The highest BCUT2D eigenvalue weighted by atomic mass is 19.1. The van der Waals surface area contributed by atoms with E-state index in [-0.39, 0.29) is 40.7 Å². The summed E-state index contributed by atoms with van der Waals surface area (Å²) >= 11 is 0. The van der Waals surface area contributed by atoms with Crippen molar-refractivity contribution in [1.29, 1.82) is 0 Å². The van der Waals surface area contributed by atoms with Gasteiger partial charge in [-0.05, 0) is 72.5 Å². The lowest BCUT2D eigenvalue weighted by Gasteiger charge is -2.48. The molecule has 0 unspecified atom stereocenters. The number of carbonyl (C=O) groups excluding carboxylic acids is 1. The molecule has 7 heteroatoms. The molecular weight excluding hydrogens is 404 g/mol. The predicted octanol–water partition coefficient (Wildman–Crippen LogP) is 4.06. The second-order valence-electron chi connectivity index (χ2n) is 7.47. The number of nitrogens with zero attached hydrogens (tertiary/aromatic N) is 1. The van der Waals surface area contributed by atoms with Crippen LogP contribution in [0.5, 0.6) is 5.75 Å². The number of carbonyl (C=O) groups is 1. The second-order valence-corrected chi connectivity index (χ2v) is 7.47. The summed E-state index contributed by atoms with van der Waals surface area (Å²) in [5.41, 5.74) is 2.03. The average molecular weight is 427 g/mol. The molecule has 1 amide bonds. The van der Waals surface area contributed by atoms with Crippen molar-refractivity contribution in [3.63, 3.8) is 0 Å². The van der Waals surface area contributed by atoms with Crippen LogP contribution < -0.4 is 4.90 Å². The molecule has 0 aromatic heterocycles. The molecule has 0 bridgehead atoms. The highest BCUT2D eigenvalue weighted by molar-refractivity contribution is 6.03. The monoisotopic (exact) mass is 427 g/mol. The number of benzene rings is 3. The first-order valence-corrected chi connectivity index (χ1v) is 9.75. The molecule has 1 aliphatic heterocycles. The first-order valence-electron chi connectivity index (χ1n) is 9.75. The largest absolute Gasteiger partial charge is 0.508 e. The number of halogens is 2. The number of anilines is 1. The Morgan fingerprint density at radius 1 is 0.871 bits per heavy atom. The quantitative estimate of drug-likeness (QED) is 0.581. The molecule has 0 aliphatic carbocycles. The fourth-order valence-corrected chi connectivity index (χ4v) is 3.96. The Morgan fingerprint density at radius 3 is 2.00 bits per heavy atom.